The zero-order valence-corrected chi connectivity index (χ0v) is 16.2. The quantitative estimate of drug-likeness (QED) is 0.684. The highest BCUT2D eigenvalue weighted by Crippen LogP contribution is 2.27. The monoisotopic (exact) mass is 421 g/mol. The lowest BCUT2D eigenvalue weighted by Crippen LogP contribution is -2.42. The van der Waals surface area contributed by atoms with Crippen molar-refractivity contribution in [2.75, 3.05) is 13.2 Å². The molecule has 1 amide bonds. The summed E-state index contributed by atoms with van der Waals surface area (Å²) in [5.41, 5.74) is 0.805. The summed E-state index contributed by atoms with van der Waals surface area (Å²) in [6.07, 6.45) is 3.56. The first-order valence-electron chi connectivity index (χ1n) is 8.46. The van der Waals surface area contributed by atoms with E-state index in [1.54, 1.807) is 42.5 Å². The van der Waals surface area contributed by atoms with Gasteiger partial charge in [-0.3, -0.25) is 4.79 Å². The zero-order chi connectivity index (χ0) is 20.1. The molecule has 2 N–H and O–H groups in total. The van der Waals surface area contributed by atoms with E-state index in [0.717, 1.165) is 0 Å². The van der Waals surface area contributed by atoms with Gasteiger partial charge in [0.05, 0.1) is 10.6 Å². The SMILES string of the molecule is O=C1N[C@H](C(=O)O)Cc2ccc(c(Cl)c2)OC/C=C/COc2ccc(Cl)cc21. The minimum absolute atomic E-state index is 0.0533. The van der Waals surface area contributed by atoms with E-state index in [0.29, 0.717) is 27.1 Å². The summed E-state index contributed by atoms with van der Waals surface area (Å²) >= 11 is 12.2. The number of amides is 1. The van der Waals surface area contributed by atoms with Crippen molar-refractivity contribution in [1.82, 2.24) is 5.32 Å². The predicted octanol–water partition coefficient (Wildman–Crippen LogP) is 3.75. The van der Waals surface area contributed by atoms with E-state index in [-0.39, 0.29) is 25.2 Å². The van der Waals surface area contributed by atoms with Crippen LogP contribution in [0.1, 0.15) is 15.9 Å². The molecule has 0 aliphatic carbocycles. The first-order chi connectivity index (χ1) is 13.4. The minimum atomic E-state index is -1.17. The summed E-state index contributed by atoms with van der Waals surface area (Å²) in [7, 11) is 0. The van der Waals surface area contributed by atoms with Crippen LogP contribution in [0.25, 0.3) is 0 Å². The molecule has 8 heteroatoms. The van der Waals surface area contributed by atoms with Gasteiger partial charge < -0.3 is 19.9 Å². The van der Waals surface area contributed by atoms with E-state index >= 15 is 0 Å². The third-order valence-electron chi connectivity index (χ3n) is 4.06. The molecule has 2 bridgehead atoms. The van der Waals surface area contributed by atoms with Gasteiger partial charge in [0.25, 0.3) is 5.91 Å². The topological polar surface area (TPSA) is 84.9 Å². The molecule has 0 unspecified atom stereocenters. The van der Waals surface area contributed by atoms with Gasteiger partial charge in [0.1, 0.15) is 30.8 Å². The molecule has 0 fully saturated rings. The summed E-state index contributed by atoms with van der Waals surface area (Å²) in [4.78, 5) is 24.4. The van der Waals surface area contributed by atoms with Crippen LogP contribution < -0.4 is 14.8 Å². The molecule has 0 aromatic heterocycles. The maximum atomic E-state index is 12.7. The molecule has 0 radical (unpaired) electrons. The molecule has 2 aliphatic heterocycles. The van der Waals surface area contributed by atoms with Crippen LogP contribution in [0, 0.1) is 0 Å². The highest BCUT2D eigenvalue weighted by molar-refractivity contribution is 6.32. The van der Waals surface area contributed by atoms with Gasteiger partial charge in [0.15, 0.2) is 0 Å². The van der Waals surface area contributed by atoms with Gasteiger partial charge in [-0.1, -0.05) is 29.3 Å². The molecule has 0 saturated heterocycles. The van der Waals surface area contributed by atoms with Gasteiger partial charge in [-0.2, -0.15) is 0 Å². The van der Waals surface area contributed by atoms with E-state index in [4.69, 9.17) is 32.7 Å². The molecule has 1 atom stereocenters. The Morgan fingerprint density at radius 3 is 2.39 bits per heavy atom. The zero-order valence-electron chi connectivity index (χ0n) is 14.7. The number of aliphatic carboxylic acids is 1. The van der Waals surface area contributed by atoms with E-state index in [1.807, 2.05) is 0 Å². The standard InChI is InChI=1S/C20H17Cl2NO5/c21-13-4-6-17-14(11-13)19(24)23-16(20(25)26)10-12-3-5-18(15(22)9-12)28-8-2-1-7-27-17/h1-6,9,11,16H,7-8,10H2,(H,23,24)(H,25,26)/b2-1+/t16-/m0/s1. The Hall–Kier alpha value is -2.70. The maximum absolute atomic E-state index is 12.7. The molecular weight excluding hydrogens is 405 g/mol. The Kier molecular flexibility index (Phi) is 6.44. The van der Waals surface area contributed by atoms with Crippen molar-refractivity contribution in [2.45, 2.75) is 12.5 Å². The lowest BCUT2D eigenvalue weighted by molar-refractivity contribution is -0.139. The molecule has 146 valence electrons. The number of carboxylic acid groups (broad SMARTS) is 1. The average Bonchev–Trinajstić information content (AvgIpc) is 2.65. The number of carbonyl (C=O) groups is 2. The lowest BCUT2D eigenvalue weighted by atomic mass is 10.0. The smallest absolute Gasteiger partial charge is 0.326 e. The molecule has 0 spiro atoms. The van der Waals surface area contributed by atoms with Crippen molar-refractivity contribution in [3.63, 3.8) is 0 Å². The number of nitrogens with one attached hydrogen (secondary N) is 1. The van der Waals surface area contributed by atoms with Crippen LogP contribution in [0.4, 0.5) is 0 Å². The molecule has 2 aromatic carbocycles. The Labute approximate surface area is 171 Å². The van der Waals surface area contributed by atoms with Crippen LogP contribution in [0.5, 0.6) is 11.5 Å². The predicted molar refractivity (Wildman–Crippen MR) is 106 cm³/mol. The molecule has 2 aliphatic rings. The number of hydrogen-bond donors (Lipinski definition) is 2. The Morgan fingerprint density at radius 2 is 1.71 bits per heavy atom. The fraction of sp³-hybridized carbons (Fsp3) is 0.200. The van der Waals surface area contributed by atoms with Crippen molar-refractivity contribution in [3.05, 3.63) is 69.7 Å². The highest BCUT2D eigenvalue weighted by atomic mass is 35.5. The molecular formula is C20H17Cl2NO5. The van der Waals surface area contributed by atoms with E-state index < -0.39 is 17.9 Å². The van der Waals surface area contributed by atoms with Crippen molar-refractivity contribution in [1.29, 1.82) is 0 Å². The first-order valence-corrected chi connectivity index (χ1v) is 9.22. The fourth-order valence-electron chi connectivity index (χ4n) is 2.68. The van der Waals surface area contributed by atoms with E-state index in [1.165, 1.54) is 6.07 Å². The summed E-state index contributed by atoms with van der Waals surface area (Å²) in [5.74, 6) is -0.973. The number of carbonyl (C=O) groups excluding carboxylic acids is 1. The number of ether oxygens (including phenoxy) is 2. The van der Waals surface area contributed by atoms with E-state index in [9.17, 15) is 14.7 Å². The van der Waals surface area contributed by atoms with E-state index in [2.05, 4.69) is 5.32 Å². The molecule has 28 heavy (non-hydrogen) atoms. The van der Waals surface area contributed by atoms with Crippen LogP contribution in [0.3, 0.4) is 0 Å². The fourth-order valence-corrected chi connectivity index (χ4v) is 3.11. The minimum Gasteiger partial charge on any atom is -0.489 e. The Bertz CT molecular complexity index is 929. The van der Waals surface area contributed by atoms with Gasteiger partial charge in [-0.05, 0) is 48.0 Å². The highest BCUT2D eigenvalue weighted by Gasteiger charge is 2.23. The molecule has 0 saturated carbocycles. The molecule has 2 aromatic rings. The summed E-state index contributed by atoms with van der Waals surface area (Å²) in [5, 5.41) is 12.8. The molecule has 6 nitrogen and oxygen atoms in total. The van der Waals surface area contributed by atoms with Gasteiger partial charge in [-0.15, -0.1) is 0 Å². The van der Waals surface area contributed by atoms with Crippen LogP contribution >= 0.6 is 23.2 Å². The summed E-state index contributed by atoms with van der Waals surface area (Å²) in [6, 6.07) is 8.45. The second-order valence-corrected chi connectivity index (χ2v) is 6.91. The second-order valence-electron chi connectivity index (χ2n) is 6.07. The van der Waals surface area contributed by atoms with Crippen molar-refractivity contribution in [3.8, 4) is 11.5 Å². The number of hydrogen-bond acceptors (Lipinski definition) is 4. The lowest BCUT2D eigenvalue weighted by Gasteiger charge is -2.17. The second kappa shape index (κ2) is 8.99. The van der Waals surface area contributed by atoms with Crippen LogP contribution in [-0.2, 0) is 11.2 Å². The first kappa shape index (κ1) is 20.0. The van der Waals surface area contributed by atoms with Gasteiger partial charge >= 0.3 is 5.97 Å². The van der Waals surface area contributed by atoms with Gasteiger partial charge in [0, 0.05) is 11.4 Å². The largest absolute Gasteiger partial charge is 0.489 e. The van der Waals surface area contributed by atoms with Crippen LogP contribution in [0.15, 0.2) is 48.6 Å². The Balaban J connectivity index is 1.96. The molecule has 2 heterocycles. The van der Waals surface area contributed by atoms with Gasteiger partial charge in [-0.25, -0.2) is 4.79 Å². The molecule has 4 rings (SSSR count). The third-order valence-corrected chi connectivity index (χ3v) is 4.59. The normalized spacial score (nSPS) is 18.4. The van der Waals surface area contributed by atoms with Crippen LogP contribution in [0.2, 0.25) is 10.0 Å². The maximum Gasteiger partial charge on any atom is 0.326 e. The van der Waals surface area contributed by atoms with Crippen molar-refractivity contribution in [2.24, 2.45) is 0 Å². The number of benzene rings is 2. The summed E-state index contributed by atoms with van der Waals surface area (Å²) < 4.78 is 11.2. The van der Waals surface area contributed by atoms with Crippen molar-refractivity contribution < 1.29 is 24.2 Å². The van der Waals surface area contributed by atoms with Crippen molar-refractivity contribution >= 4 is 35.1 Å². The third kappa shape index (κ3) is 4.97. The number of rotatable bonds is 1. The average molecular weight is 422 g/mol. The van der Waals surface area contributed by atoms with Gasteiger partial charge in [0.2, 0.25) is 0 Å². The number of carboxylic acids is 1. The Morgan fingerprint density at radius 1 is 1.04 bits per heavy atom. The van der Waals surface area contributed by atoms with Crippen LogP contribution in [-0.4, -0.2) is 36.2 Å². The summed E-state index contributed by atoms with van der Waals surface area (Å²) in [6.45, 7) is 0.481. The number of fused-ring (bicyclic) bond motifs is 9. The number of halogens is 2.